The van der Waals surface area contributed by atoms with Gasteiger partial charge in [-0.1, -0.05) is 0 Å². The summed E-state index contributed by atoms with van der Waals surface area (Å²) < 4.78 is 14.3. The Hall–Kier alpha value is -2.77. The minimum absolute atomic E-state index is 0.0146. The van der Waals surface area contributed by atoms with Gasteiger partial charge in [0, 0.05) is 18.7 Å². The lowest BCUT2D eigenvalue weighted by molar-refractivity contribution is -0.386. The number of benzene rings is 1. The van der Waals surface area contributed by atoms with Crippen molar-refractivity contribution in [3.63, 3.8) is 0 Å². The van der Waals surface area contributed by atoms with E-state index in [4.69, 9.17) is 0 Å². The molecule has 122 valence electrons. The van der Waals surface area contributed by atoms with Gasteiger partial charge in [-0.3, -0.25) is 19.6 Å². The number of nitrogens with one attached hydrogen (secondary N) is 1. The van der Waals surface area contributed by atoms with Crippen LogP contribution in [0.4, 0.5) is 15.8 Å². The first-order chi connectivity index (χ1) is 10.9. The van der Waals surface area contributed by atoms with E-state index in [9.17, 15) is 19.3 Å². The van der Waals surface area contributed by atoms with Crippen molar-refractivity contribution in [1.29, 1.82) is 0 Å². The molecule has 2 rings (SSSR count). The highest BCUT2D eigenvalue weighted by Crippen LogP contribution is 2.22. The van der Waals surface area contributed by atoms with E-state index in [1.165, 1.54) is 24.3 Å². The quantitative estimate of drug-likeness (QED) is 0.654. The van der Waals surface area contributed by atoms with Crippen molar-refractivity contribution in [3.8, 4) is 0 Å². The Kier molecular flexibility index (Phi) is 5.05. The van der Waals surface area contributed by atoms with Gasteiger partial charge in [0.2, 0.25) is 5.91 Å². The molecule has 0 spiro atoms. The molecule has 1 N–H and O–H groups in total. The van der Waals surface area contributed by atoms with E-state index in [0.29, 0.717) is 30.0 Å². The number of nitrogens with zero attached hydrogens (tertiary/aromatic N) is 3. The average Bonchev–Trinajstić information content (AvgIpc) is 2.76. The molecule has 0 radical (unpaired) electrons. The highest BCUT2D eigenvalue weighted by molar-refractivity contribution is 5.90. The molecule has 0 unspecified atom stereocenters. The van der Waals surface area contributed by atoms with Gasteiger partial charge >= 0.3 is 5.69 Å². The Morgan fingerprint density at radius 1 is 1.35 bits per heavy atom. The van der Waals surface area contributed by atoms with Crippen LogP contribution in [0.2, 0.25) is 0 Å². The molecule has 7 nitrogen and oxygen atoms in total. The van der Waals surface area contributed by atoms with E-state index in [2.05, 4.69) is 10.4 Å². The Balaban J connectivity index is 1.87. The van der Waals surface area contributed by atoms with E-state index in [1.807, 2.05) is 0 Å². The molecule has 0 fully saturated rings. The summed E-state index contributed by atoms with van der Waals surface area (Å²) in [5, 5.41) is 17.7. The highest BCUT2D eigenvalue weighted by Gasteiger charge is 2.21. The van der Waals surface area contributed by atoms with Crippen LogP contribution >= 0.6 is 0 Å². The molecule has 23 heavy (non-hydrogen) atoms. The summed E-state index contributed by atoms with van der Waals surface area (Å²) >= 11 is 0. The number of halogens is 1. The van der Waals surface area contributed by atoms with Crippen LogP contribution in [0.5, 0.6) is 0 Å². The van der Waals surface area contributed by atoms with Gasteiger partial charge in [-0.25, -0.2) is 4.39 Å². The van der Waals surface area contributed by atoms with Gasteiger partial charge in [0.25, 0.3) is 0 Å². The van der Waals surface area contributed by atoms with E-state index in [-0.39, 0.29) is 23.8 Å². The van der Waals surface area contributed by atoms with Gasteiger partial charge in [-0.05, 0) is 44.5 Å². The Morgan fingerprint density at radius 3 is 2.57 bits per heavy atom. The van der Waals surface area contributed by atoms with E-state index in [1.54, 1.807) is 18.5 Å². The maximum Gasteiger partial charge on any atom is 0.312 e. The first-order valence-electron chi connectivity index (χ1n) is 7.12. The lowest BCUT2D eigenvalue weighted by Crippen LogP contribution is -2.13. The number of aromatic nitrogens is 2. The monoisotopic (exact) mass is 320 g/mol. The van der Waals surface area contributed by atoms with Crippen molar-refractivity contribution >= 4 is 17.3 Å². The van der Waals surface area contributed by atoms with Crippen molar-refractivity contribution in [2.75, 3.05) is 5.32 Å². The summed E-state index contributed by atoms with van der Waals surface area (Å²) in [7, 11) is 0. The topological polar surface area (TPSA) is 90.1 Å². The number of nitro groups is 1. The van der Waals surface area contributed by atoms with Gasteiger partial charge in [-0.2, -0.15) is 5.10 Å². The Labute approximate surface area is 132 Å². The highest BCUT2D eigenvalue weighted by atomic mass is 19.1. The summed E-state index contributed by atoms with van der Waals surface area (Å²) in [5.41, 5.74) is 1.38. The minimum Gasteiger partial charge on any atom is -0.326 e. The molecule has 0 aliphatic rings. The van der Waals surface area contributed by atoms with Crippen molar-refractivity contribution in [2.45, 2.75) is 33.2 Å². The van der Waals surface area contributed by atoms with Crippen LogP contribution in [0.1, 0.15) is 24.2 Å². The van der Waals surface area contributed by atoms with Crippen LogP contribution in [-0.4, -0.2) is 20.6 Å². The summed E-state index contributed by atoms with van der Waals surface area (Å²) in [6.07, 6.45) is 0.732. The summed E-state index contributed by atoms with van der Waals surface area (Å²) in [6, 6.07) is 5.50. The zero-order chi connectivity index (χ0) is 17.0. The normalized spacial score (nSPS) is 10.6. The first-order valence-corrected chi connectivity index (χ1v) is 7.12. The second kappa shape index (κ2) is 6.99. The van der Waals surface area contributed by atoms with Crippen molar-refractivity contribution in [2.24, 2.45) is 0 Å². The predicted octanol–water partition coefficient (Wildman–Crippen LogP) is 2.97. The van der Waals surface area contributed by atoms with E-state index in [0.717, 1.165) is 0 Å². The second-order valence-electron chi connectivity index (χ2n) is 5.16. The average molecular weight is 320 g/mol. The molecule has 0 saturated heterocycles. The van der Waals surface area contributed by atoms with E-state index >= 15 is 0 Å². The van der Waals surface area contributed by atoms with Crippen LogP contribution in [0, 0.1) is 29.8 Å². The lowest BCUT2D eigenvalue weighted by atomic mass is 10.2. The van der Waals surface area contributed by atoms with Crippen LogP contribution in [-0.2, 0) is 11.3 Å². The van der Waals surface area contributed by atoms with Gasteiger partial charge in [0.05, 0.1) is 4.92 Å². The number of rotatable bonds is 6. The molecule has 0 saturated carbocycles. The second-order valence-corrected chi connectivity index (χ2v) is 5.16. The zero-order valence-corrected chi connectivity index (χ0v) is 12.9. The fraction of sp³-hybridized carbons (Fsp3) is 0.333. The number of carbonyl (C=O) groups is 1. The molecule has 1 amide bonds. The van der Waals surface area contributed by atoms with Gasteiger partial charge < -0.3 is 5.32 Å². The molecule has 1 aromatic carbocycles. The number of carbonyl (C=O) groups excluding carboxylic acids is 1. The molecule has 0 atom stereocenters. The zero-order valence-electron chi connectivity index (χ0n) is 12.9. The Morgan fingerprint density at radius 2 is 2.00 bits per heavy atom. The van der Waals surface area contributed by atoms with Crippen molar-refractivity contribution in [3.05, 3.63) is 51.6 Å². The van der Waals surface area contributed by atoms with Gasteiger partial charge in [-0.15, -0.1) is 0 Å². The number of anilines is 1. The molecule has 8 heteroatoms. The third-order valence-corrected chi connectivity index (χ3v) is 3.43. The molecular formula is C15H17FN4O3. The fourth-order valence-corrected chi connectivity index (χ4v) is 2.32. The van der Waals surface area contributed by atoms with Crippen LogP contribution < -0.4 is 5.32 Å². The number of hydrogen-bond acceptors (Lipinski definition) is 4. The van der Waals surface area contributed by atoms with Gasteiger partial charge in [0.1, 0.15) is 17.2 Å². The van der Waals surface area contributed by atoms with E-state index < -0.39 is 4.92 Å². The first kappa shape index (κ1) is 16.6. The third-order valence-electron chi connectivity index (χ3n) is 3.43. The molecule has 0 aliphatic carbocycles. The van der Waals surface area contributed by atoms with Crippen LogP contribution in [0.15, 0.2) is 24.3 Å². The minimum atomic E-state index is -0.449. The van der Waals surface area contributed by atoms with Crippen LogP contribution in [0.25, 0.3) is 0 Å². The summed E-state index contributed by atoms with van der Waals surface area (Å²) in [4.78, 5) is 22.3. The lowest BCUT2D eigenvalue weighted by Gasteiger charge is -2.06. The summed E-state index contributed by atoms with van der Waals surface area (Å²) in [5.74, 6) is -0.568. The number of hydrogen-bond donors (Lipinski definition) is 1. The predicted molar refractivity (Wildman–Crippen MR) is 82.6 cm³/mol. The molecule has 1 aromatic heterocycles. The largest absolute Gasteiger partial charge is 0.326 e. The fourth-order valence-electron chi connectivity index (χ4n) is 2.32. The number of amides is 1. The van der Waals surface area contributed by atoms with Gasteiger partial charge in [0.15, 0.2) is 0 Å². The third kappa shape index (κ3) is 4.12. The molecule has 1 heterocycles. The number of aryl methyl sites for hydroxylation is 2. The Bertz CT molecular complexity index is 725. The smallest absolute Gasteiger partial charge is 0.312 e. The molecule has 2 aromatic rings. The van der Waals surface area contributed by atoms with Crippen LogP contribution in [0.3, 0.4) is 0 Å². The molecule has 0 aliphatic heterocycles. The molecule has 0 bridgehead atoms. The molecular weight excluding hydrogens is 303 g/mol. The maximum absolute atomic E-state index is 12.8. The summed E-state index contributed by atoms with van der Waals surface area (Å²) in [6.45, 7) is 3.64. The SMILES string of the molecule is Cc1nn(CCCC(=O)Nc2ccc(F)cc2)c(C)c1[N+](=O)[O-]. The van der Waals surface area contributed by atoms with Crippen molar-refractivity contribution in [1.82, 2.24) is 9.78 Å². The van der Waals surface area contributed by atoms with Crippen molar-refractivity contribution < 1.29 is 14.1 Å². The standard InChI is InChI=1S/C15H17FN4O3/c1-10-15(20(22)23)11(2)19(18-10)9-3-4-14(21)17-13-7-5-12(16)6-8-13/h5-8H,3-4,9H2,1-2H3,(H,17,21). The maximum atomic E-state index is 12.8.